The lowest BCUT2D eigenvalue weighted by atomic mass is 10.1. The standard InChI is InChI=1S/C22H25N3O2S.ClH/c1-16-7-9-18(10-8-16)28(26,27)24-21-11-12-22(20-6-4-3-5-19(20)21)25-14-13-23-17(2)15-25;/h3-12,17,23-24H,13-15H2,1-2H3;1H. The summed E-state index contributed by atoms with van der Waals surface area (Å²) in [5.74, 6) is 0. The van der Waals surface area contributed by atoms with Crippen molar-refractivity contribution in [3.05, 3.63) is 66.2 Å². The van der Waals surface area contributed by atoms with E-state index in [1.54, 1.807) is 24.3 Å². The fraction of sp³-hybridized carbons (Fsp3) is 0.273. The highest BCUT2D eigenvalue weighted by atomic mass is 35.5. The third kappa shape index (κ3) is 4.50. The van der Waals surface area contributed by atoms with Crippen LogP contribution in [0.5, 0.6) is 0 Å². The SMILES string of the molecule is Cc1ccc(S(=O)(=O)Nc2ccc(N3CCNC(C)C3)c3ccccc23)cc1.Cl. The highest BCUT2D eigenvalue weighted by molar-refractivity contribution is 7.92. The van der Waals surface area contributed by atoms with Gasteiger partial charge >= 0.3 is 0 Å². The molecule has 1 aliphatic heterocycles. The van der Waals surface area contributed by atoms with E-state index in [1.807, 2.05) is 37.3 Å². The van der Waals surface area contributed by atoms with Gasteiger partial charge in [-0.3, -0.25) is 4.72 Å². The number of benzene rings is 3. The molecule has 1 atom stereocenters. The van der Waals surface area contributed by atoms with Crippen molar-refractivity contribution >= 4 is 44.6 Å². The minimum atomic E-state index is -3.64. The van der Waals surface area contributed by atoms with Crippen LogP contribution in [0.2, 0.25) is 0 Å². The average molecular weight is 432 g/mol. The van der Waals surface area contributed by atoms with Crippen LogP contribution < -0.4 is 14.9 Å². The van der Waals surface area contributed by atoms with Crippen molar-refractivity contribution in [2.45, 2.75) is 24.8 Å². The summed E-state index contributed by atoms with van der Waals surface area (Å²) in [6, 6.07) is 19.2. The zero-order chi connectivity index (χ0) is 19.7. The maximum atomic E-state index is 12.9. The van der Waals surface area contributed by atoms with Gasteiger partial charge in [-0.15, -0.1) is 12.4 Å². The van der Waals surface area contributed by atoms with Gasteiger partial charge in [0.2, 0.25) is 0 Å². The van der Waals surface area contributed by atoms with Crippen molar-refractivity contribution < 1.29 is 8.42 Å². The molecule has 154 valence electrons. The molecule has 0 aliphatic carbocycles. The topological polar surface area (TPSA) is 61.4 Å². The maximum absolute atomic E-state index is 12.9. The number of sulfonamides is 1. The maximum Gasteiger partial charge on any atom is 0.261 e. The molecule has 0 saturated carbocycles. The Morgan fingerprint density at radius 2 is 1.69 bits per heavy atom. The molecule has 0 bridgehead atoms. The van der Waals surface area contributed by atoms with Crippen LogP contribution in [0.25, 0.3) is 10.8 Å². The zero-order valence-electron chi connectivity index (χ0n) is 16.6. The van der Waals surface area contributed by atoms with Crippen molar-refractivity contribution in [3.8, 4) is 0 Å². The number of fused-ring (bicyclic) bond motifs is 1. The second kappa shape index (κ2) is 8.61. The molecule has 1 heterocycles. The summed E-state index contributed by atoms with van der Waals surface area (Å²) in [5.41, 5.74) is 2.77. The molecule has 0 amide bonds. The summed E-state index contributed by atoms with van der Waals surface area (Å²) >= 11 is 0. The van der Waals surface area contributed by atoms with E-state index in [1.165, 1.54) is 0 Å². The molecule has 3 aromatic carbocycles. The van der Waals surface area contributed by atoms with Crippen molar-refractivity contribution in [3.63, 3.8) is 0 Å². The number of anilines is 2. The number of nitrogens with zero attached hydrogens (tertiary/aromatic N) is 1. The van der Waals surface area contributed by atoms with Crippen molar-refractivity contribution in [2.75, 3.05) is 29.3 Å². The molecule has 1 unspecified atom stereocenters. The summed E-state index contributed by atoms with van der Waals surface area (Å²) in [4.78, 5) is 2.63. The molecule has 29 heavy (non-hydrogen) atoms. The Kier molecular flexibility index (Phi) is 6.36. The van der Waals surface area contributed by atoms with Crippen LogP contribution in [-0.4, -0.2) is 34.1 Å². The quantitative estimate of drug-likeness (QED) is 0.650. The van der Waals surface area contributed by atoms with Gasteiger partial charge in [0.15, 0.2) is 0 Å². The number of piperazine rings is 1. The molecule has 0 aromatic heterocycles. The number of hydrogen-bond donors (Lipinski definition) is 2. The first kappa shape index (κ1) is 21.4. The molecule has 2 N–H and O–H groups in total. The molecule has 3 aromatic rings. The molecule has 1 aliphatic rings. The Bertz CT molecular complexity index is 1100. The highest BCUT2D eigenvalue weighted by Gasteiger charge is 2.20. The van der Waals surface area contributed by atoms with Crippen LogP contribution in [-0.2, 0) is 10.0 Å². The van der Waals surface area contributed by atoms with E-state index >= 15 is 0 Å². The van der Waals surface area contributed by atoms with Crippen molar-refractivity contribution in [1.29, 1.82) is 0 Å². The molecule has 1 fully saturated rings. The summed E-state index contributed by atoms with van der Waals surface area (Å²) < 4.78 is 28.5. The molecule has 7 heteroatoms. The fourth-order valence-corrected chi connectivity index (χ4v) is 4.80. The molecule has 4 rings (SSSR count). The van der Waals surface area contributed by atoms with Crippen LogP contribution in [0, 0.1) is 6.92 Å². The number of hydrogen-bond acceptors (Lipinski definition) is 4. The lowest BCUT2D eigenvalue weighted by molar-refractivity contribution is 0.485. The Morgan fingerprint density at radius 1 is 1.00 bits per heavy atom. The van der Waals surface area contributed by atoms with Crippen LogP contribution in [0.15, 0.2) is 65.6 Å². The van der Waals surface area contributed by atoms with Gasteiger partial charge in [0.25, 0.3) is 10.0 Å². The summed E-state index contributed by atoms with van der Waals surface area (Å²) in [7, 11) is -3.64. The Morgan fingerprint density at radius 3 is 2.38 bits per heavy atom. The Labute approximate surface area is 178 Å². The minimum Gasteiger partial charge on any atom is -0.368 e. The van der Waals surface area contributed by atoms with Crippen LogP contribution in [0.1, 0.15) is 12.5 Å². The molecular formula is C22H26ClN3O2S. The summed E-state index contributed by atoms with van der Waals surface area (Å²) in [5, 5.41) is 5.42. The number of nitrogens with one attached hydrogen (secondary N) is 2. The lowest BCUT2D eigenvalue weighted by Crippen LogP contribution is -2.49. The van der Waals surface area contributed by atoms with E-state index in [4.69, 9.17) is 0 Å². The Balaban J connectivity index is 0.00000240. The smallest absolute Gasteiger partial charge is 0.261 e. The second-order valence-electron chi connectivity index (χ2n) is 7.40. The van der Waals surface area contributed by atoms with Crippen molar-refractivity contribution in [2.24, 2.45) is 0 Å². The zero-order valence-corrected chi connectivity index (χ0v) is 18.2. The lowest BCUT2D eigenvalue weighted by Gasteiger charge is -2.34. The third-order valence-corrected chi connectivity index (χ3v) is 6.57. The predicted molar refractivity (Wildman–Crippen MR) is 123 cm³/mol. The van der Waals surface area contributed by atoms with E-state index in [0.29, 0.717) is 11.7 Å². The van der Waals surface area contributed by atoms with E-state index < -0.39 is 10.0 Å². The fourth-order valence-electron chi connectivity index (χ4n) is 3.72. The van der Waals surface area contributed by atoms with Crippen LogP contribution in [0.3, 0.4) is 0 Å². The minimum absolute atomic E-state index is 0. The van der Waals surface area contributed by atoms with Gasteiger partial charge in [-0.05, 0) is 38.1 Å². The predicted octanol–water partition coefficient (Wildman–Crippen LogP) is 4.17. The van der Waals surface area contributed by atoms with Gasteiger partial charge in [0.05, 0.1) is 10.6 Å². The van der Waals surface area contributed by atoms with E-state index in [0.717, 1.165) is 41.7 Å². The van der Waals surface area contributed by atoms with Gasteiger partial charge in [-0.2, -0.15) is 0 Å². The van der Waals surface area contributed by atoms with Gasteiger partial charge in [0, 0.05) is 42.1 Å². The van der Waals surface area contributed by atoms with E-state index in [9.17, 15) is 8.42 Å². The first-order valence-electron chi connectivity index (χ1n) is 9.53. The molecular weight excluding hydrogens is 406 g/mol. The first-order chi connectivity index (χ1) is 13.4. The third-order valence-electron chi connectivity index (χ3n) is 5.19. The van der Waals surface area contributed by atoms with Gasteiger partial charge in [0.1, 0.15) is 0 Å². The average Bonchev–Trinajstić information content (AvgIpc) is 2.68. The van der Waals surface area contributed by atoms with Gasteiger partial charge in [-0.1, -0.05) is 42.0 Å². The molecule has 5 nitrogen and oxygen atoms in total. The van der Waals surface area contributed by atoms with Crippen LogP contribution >= 0.6 is 12.4 Å². The summed E-state index contributed by atoms with van der Waals surface area (Å²) in [6.07, 6.45) is 0. The number of rotatable bonds is 4. The van der Waals surface area contributed by atoms with Gasteiger partial charge in [-0.25, -0.2) is 8.42 Å². The summed E-state index contributed by atoms with van der Waals surface area (Å²) in [6.45, 7) is 6.92. The highest BCUT2D eigenvalue weighted by Crippen LogP contribution is 2.34. The van der Waals surface area contributed by atoms with Crippen molar-refractivity contribution in [1.82, 2.24) is 5.32 Å². The second-order valence-corrected chi connectivity index (χ2v) is 9.08. The first-order valence-corrected chi connectivity index (χ1v) is 11.0. The van der Waals surface area contributed by atoms with E-state index in [-0.39, 0.29) is 17.3 Å². The normalized spacial score (nSPS) is 17.0. The Hall–Kier alpha value is -2.28. The molecule has 1 saturated heterocycles. The van der Waals surface area contributed by atoms with E-state index in [2.05, 4.69) is 27.9 Å². The van der Waals surface area contributed by atoms with Gasteiger partial charge < -0.3 is 10.2 Å². The largest absolute Gasteiger partial charge is 0.368 e. The number of halogens is 1. The number of aryl methyl sites for hydroxylation is 1. The molecule has 0 radical (unpaired) electrons. The molecule has 0 spiro atoms. The van der Waals surface area contributed by atoms with Crippen LogP contribution in [0.4, 0.5) is 11.4 Å². The monoisotopic (exact) mass is 431 g/mol.